The van der Waals surface area contributed by atoms with Crippen molar-refractivity contribution in [2.45, 2.75) is 19.4 Å². The molecule has 174 valence electrons. The Morgan fingerprint density at radius 3 is 2.82 bits per heavy atom. The van der Waals surface area contributed by atoms with Crippen LogP contribution in [0, 0.1) is 5.92 Å². The number of nitrogens with one attached hydrogen (secondary N) is 1. The number of methoxy groups -OCH3 is 1. The predicted molar refractivity (Wildman–Crippen MR) is 122 cm³/mol. The molecule has 1 saturated carbocycles. The van der Waals surface area contributed by atoms with Crippen LogP contribution in [0.3, 0.4) is 0 Å². The van der Waals surface area contributed by atoms with E-state index < -0.39 is 19.8 Å². The molecular formula is C20H24N7O5P. The number of imidazole rings is 1. The maximum atomic E-state index is 13.4. The van der Waals surface area contributed by atoms with Crippen molar-refractivity contribution in [3.63, 3.8) is 0 Å². The van der Waals surface area contributed by atoms with Gasteiger partial charge < -0.3 is 20.7 Å². The molecule has 2 heterocycles. The average Bonchev–Trinajstić information content (AvgIpc) is 3.41. The molecule has 0 aliphatic heterocycles. The molecule has 1 aliphatic carbocycles. The summed E-state index contributed by atoms with van der Waals surface area (Å²) in [6.07, 6.45) is 4.14. The van der Waals surface area contributed by atoms with Crippen molar-refractivity contribution in [3.05, 3.63) is 42.2 Å². The van der Waals surface area contributed by atoms with E-state index in [9.17, 15) is 9.36 Å². The fraction of sp³-hybridized carbons (Fsp3) is 0.300. The van der Waals surface area contributed by atoms with Crippen molar-refractivity contribution in [2.24, 2.45) is 5.92 Å². The highest BCUT2D eigenvalue weighted by molar-refractivity contribution is 7.52. The number of rotatable bonds is 9. The van der Waals surface area contributed by atoms with E-state index in [-0.39, 0.29) is 24.3 Å². The number of nitrogens with two attached hydrogens (primary N) is 2. The van der Waals surface area contributed by atoms with Gasteiger partial charge in [-0.1, -0.05) is 18.2 Å². The number of benzene rings is 1. The fourth-order valence-electron chi connectivity index (χ4n) is 3.14. The zero-order valence-electron chi connectivity index (χ0n) is 18.0. The molecule has 1 fully saturated rings. The van der Waals surface area contributed by atoms with Crippen LogP contribution in [0.25, 0.3) is 17.4 Å². The van der Waals surface area contributed by atoms with Gasteiger partial charge in [0, 0.05) is 12.1 Å². The molecule has 0 amide bonds. The molecular weight excluding hydrogens is 449 g/mol. The predicted octanol–water partition coefficient (Wildman–Crippen LogP) is 2.21. The van der Waals surface area contributed by atoms with E-state index in [0.29, 0.717) is 23.3 Å². The van der Waals surface area contributed by atoms with Crippen LogP contribution in [0.5, 0.6) is 5.75 Å². The van der Waals surface area contributed by atoms with E-state index in [1.165, 1.54) is 14.0 Å². The average molecular weight is 473 g/mol. The van der Waals surface area contributed by atoms with Gasteiger partial charge in [-0.25, -0.2) is 9.55 Å². The summed E-state index contributed by atoms with van der Waals surface area (Å²) in [5, 5.41) is 2.63. The van der Waals surface area contributed by atoms with Gasteiger partial charge in [-0.15, -0.1) is 0 Å². The topological polar surface area (TPSA) is 169 Å². The normalized spacial score (nSPS) is 19.2. The molecule has 13 heteroatoms. The second-order valence-electron chi connectivity index (χ2n) is 7.47. The number of carbonyl (C=O) groups excluding carboxylic acids is 1. The molecule has 3 aromatic rings. The summed E-state index contributed by atoms with van der Waals surface area (Å²) in [5.74, 6) is 0.0180. The number of anilines is 2. The first-order valence-corrected chi connectivity index (χ1v) is 11.6. The molecule has 4 rings (SSSR count). The smallest absolute Gasteiger partial charge is 0.459 e. The third-order valence-corrected chi connectivity index (χ3v) is 6.58. The highest BCUT2D eigenvalue weighted by Gasteiger charge is 2.37. The second kappa shape index (κ2) is 9.18. The Morgan fingerprint density at radius 2 is 2.09 bits per heavy atom. The molecule has 0 spiro atoms. The largest absolute Gasteiger partial charge is 0.468 e. The lowest BCUT2D eigenvalue weighted by atomic mass is 10.3. The van der Waals surface area contributed by atoms with E-state index in [0.717, 1.165) is 5.57 Å². The van der Waals surface area contributed by atoms with Crippen molar-refractivity contribution in [1.29, 1.82) is 0 Å². The molecule has 0 saturated heterocycles. The SMILES string of the molecule is COC(=O)[C@H](C)NP(=O)(OCC1CC1=Cn1cnc2c(N)nc(N)nc21)Oc1ccccc1. The van der Waals surface area contributed by atoms with Crippen LogP contribution in [0.2, 0.25) is 0 Å². The van der Waals surface area contributed by atoms with Crippen molar-refractivity contribution in [2.75, 3.05) is 25.2 Å². The van der Waals surface area contributed by atoms with E-state index in [1.807, 2.05) is 6.20 Å². The Hall–Kier alpha value is -3.47. The number of ether oxygens (including phenoxy) is 1. The first-order chi connectivity index (χ1) is 15.8. The number of para-hydroxylation sites is 1. The molecule has 5 N–H and O–H groups in total. The van der Waals surface area contributed by atoms with E-state index in [4.69, 9.17) is 25.3 Å². The van der Waals surface area contributed by atoms with Crippen molar-refractivity contribution < 1.29 is 23.1 Å². The molecule has 3 atom stereocenters. The quantitative estimate of drug-likeness (QED) is 0.307. The van der Waals surface area contributed by atoms with Crippen molar-refractivity contribution in [3.8, 4) is 5.75 Å². The third kappa shape index (κ3) is 5.30. The molecule has 1 aliphatic rings. The molecule has 2 aromatic heterocycles. The highest BCUT2D eigenvalue weighted by Crippen LogP contribution is 2.48. The summed E-state index contributed by atoms with van der Waals surface area (Å²) >= 11 is 0. The maximum absolute atomic E-state index is 13.4. The van der Waals surface area contributed by atoms with Gasteiger partial charge in [0.1, 0.15) is 18.1 Å². The van der Waals surface area contributed by atoms with E-state index >= 15 is 0 Å². The number of hydrogen-bond acceptors (Lipinski definition) is 10. The molecule has 33 heavy (non-hydrogen) atoms. The van der Waals surface area contributed by atoms with Crippen LogP contribution in [-0.2, 0) is 18.6 Å². The fourth-order valence-corrected chi connectivity index (χ4v) is 4.68. The summed E-state index contributed by atoms with van der Waals surface area (Å²) in [4.78, 5) is 24.1. The lowest BCUT2D eigenvalue weighted by molar-refractivity contribution is -0.142. The van der Waals surface area contributed by atoms with Crippen molar-refractivity contribution >= 4 is 42.8 Å². The Bertz CT molecular complexity index is 1250. The number of aromatic nitrogens is 4. The summed E-state index contributed by atoms with van der Waals surface area (Å²) < 4.78 is 31.1. The Labute approximate surface area is 189 Å². The van der Waals surface area contributed by atoms with Crippen molar-refractivity contribution in [1.82, 2.24) is 24.6 Å². The Kier molecular flexibility index (Phi) is 6.32. The lowest BCUT2D eigenvalue weighted by Crippen LogP contribution is -2.34. The van der Waals surface area contributed by atoms with Gasteiger partial charge in [0.25, 0.3) is 0 Å². The minimum absolute atomic E-state index is 0.00177. The van der Waals surface area contributed by atoms with Gasteiger partial charge in [-0.2, -0.15) is 15.1 Å². The van der Waals surface area contributed by atoms with Gasteiger partial charge in [0.05, 0.1) is 13.7 Å². The Balaban J connectivity index is 1.46. The monoisotopic (exact) mass is 473 g/mol. The van der Waals surface area contributed by atoms with Crippen LogP contribution in [-0.4, -0.2) is 45.2 Å². The first-order valence-electron chi connectivity index (χ1n) is 10.1. The number of esters is 1. The van der Waals surface area contributed by atoms with Gasteiger partial charge in [0.15, 0.2) is 17.0 Å². The Morgan fingerprint density at radius 1 is 1.33 bits per heavy atom. The van der Waals surface area contributed by atoms with Crippen LogP contribution in [0.4, 0.5) is 11.8 Å². The lowest BCUT2D eigenvalue weighted by Gasteiger charge is -2.22. The summed E-state index contributed by atoms with van der Waals surface area (Å²) in [5.41, 5.74) is 13.5. The zero-order chi connectivity index (χ0) is 23.6. The van der Waals surface area contributed by atoms with Gasteiger partial charge >= 0.3 is 13.7 Å². The molecule has 2 unspecified atom stereocenters. The molecule has 0 radical (unpaired) electrons. The highest BCUT2D eigenvalue weighted by atomic mass is 31.2. The number of carbonyl (C=O) groups is 1. The van der Waals surface area contributed by atoms with Gasteiger partial charge in [0.2, 0.25) is 5.95 Å². The number of hydrogen-bond donors (Lipinski definition) is 3. The van der Waals surface area contributed by atoms with Crippen LogP contribution < -0.4 is 21.1 Å². The minimum Gasteiger partial charge on any atom is -0.468 e. The van der Waals surface area contributed by atoms with E-state index in [2.05, 4.69) is 20.0 Å². The summed E-state index contributed by atoms with van der Waals surface area (Å²) in [7, 11) is -2.63. The zero-order valence-corrected chi connectivity index (χ0v) is 18.9. The number of fused-ring (bicyclic) bond motifs is 1. The first kappa shape index (κ1) is 22.7. The maximum Gasteiger partial charge on any atom is 0.459 e. The van der Waals surface area contributed by atoms with Crippen LogP contribution in [0.1, 0.15) is 13.3 Å². The van der Waals surface area contributed by atoms with Gasteiger partial charge in [-0.05, 0) is 31.1 Å². The standard InChI is InChI=1S/C20H24N7O5P/c1-12(19(28)30-2)26-33(29,32-15-6-4-3-5-7-15)31-10-14-8-13(14)9-27-11-23-16-17(21)24-20(22)25-18(16)27/h3-7,9,11-12,14H,8,10H2,1-2H3,(H,26,29)(H4,21,22,24,25)/t12-,14?,33?/m0/s1. The molecule has 12 nitrogen and oxygen atoms in total. The second-order valence-corrected chi connectivity index (χ2v) is 9.16. The summed E-state index contributed by atoms with van der Waals surface area (Å²) in [6.45, 7) is 1.63. The van der Waals surface area contributed by atoms with Crippen LogP contribution >= 0.6 is 7.75 Å². The van der Waals surface area contributed by atoms with Crippen LogP contribution in [0.15, 0.2) is 42.2 Å². The van der Waals surface area contributed by atoms with Gasteiger partial charge in [-0.3, -0.25) is 13.9 Å². The third-order valence-electron chi connectivity index (χ3n) is 4.94. The summed E-state index contributed by atoms with van der Waals surface area (Å²) in [6, 6.07) is 7.68. The number of nitrogen functional groups attached to an aromatic ring is 2. The number of nitrogens with zero attached hydrogens (tertiary/aromatic N) is 4. The molecule has 1 aromatic carbocycles. The molecule has 0 bridgehead atoms. The minimum atomic E-state index is -3.88. The van der Waals surface area contributed by atoms with E-state index in [1.54, 1.807) is 41.2 Å².